The molecule has 3 heteroatoms. The summed E-state index contributed by atoms with van der Waals surface area (Å²) >= 11 is 3.44. The molecule has 0 amide bonds. The number of hydrogen-bond acceptors (Lipinski definition) is 2. The normalized spacial score (nSPS) is 11.5. The van der Waals surface area contributed by atoms with Crippen LogP contribution in [0.1, 0.15) is 78.6 Å². The van der Waals surface area contributed by atoms with Gasteiger partial charge in [0, 0.05) is 4.47 Å². The highest BCUT2D eigenvalue weighted by atomic mass is 79.9. The second-order valence-corrected chi connectivity index (χ2v) is 7.35. The van der Waals surface area contributed by atoms with E-state index in [-0.39, 0.29) is 11.4 Å². The number of ether oxygens (including phenoxy) is 1. The van der Waals surface area contributed by atoms with E-state index in [1.54, 1.807) is 0 Å². The zero-order valence-corrected chi connectivity index (χ0v) is 16.5. The lowest BCUT2D eigenvalue weighted by Crippen LogP contribution is -2.35. The number of halogens is 1. The summed E-state index contributed by atoms with van der Waals surface area (Å²) in [6.45, 7) is 6.55. The average molecular weight is 383 g/mol. The third kappa shape index (κ3) is 6.66. The number of esters is 1. The summed E-state index contributed by atoms with van der Waals surface area (Å²) in [6.07, 6.45) is 9.42. The minimum absolute atomic E-state index is 0.0362. The van der Waals surface area contributed by atoms with Gasteiger partial charge in [0.05, 0.1) is 5.41 Å². The predicted molar refractivity (Wildman–Crippen MR) is 101 cm³/mol. The number of rotatable bonds is 11. The molecule has 0 N–H and O–H groups in total. The van der Waals surface area contributed by atoms with Crippen LogP contribution in [0.25, 0.3) is 0 Å². The van der Waals surface area contributed by atoms with Crippen molar-refractivity contribution in [2.45, 2.75) is 78.6 Å². The lowest BCUT2D eigenvalue weighted by molar-refractivity contribution is -0.147. The molecule has 0 fully saturated rings. The number of carbonyl (C=O) groups is 1. The van der Waals surface area contributed by atoms with Gasteiger partial charge in [-0.3, -0.25) is 4.79 Å². The van der Waals surface area contributed by atoms with E-state index in [4.69, 9.17) is 4.74 Å². The molecule has 1 rings (SSSR count). The minimum Gasteiger partial charge on any atom is -0.426 e. The Balaban J connectivity index is 2.94. The number of unbranched alkanes of at least 4 members (excludes halogenated alkanes) is 3. The van der Waals surface area contributed by atoms with Gasteiger partial charge in [-0.1, -0.05) is 81.3 Å². The largest absolute Gasteiger partial charge is 0.426 e. The molecule has 0 saturated carbocycles. The van der Waals surface area contributed by atoms with Crippen molar-refractivity contribution >= 4 is 21.9 Å². The van der Waals surface area contributed by atoms with Crippen LogP contribution in [0.5, 0.6) is 5.75 Å². The second kappa shape index (κ2) is 10.9. The van der Waals surface area contributed by atoms with Gasteiger partial charge in [0.25, 0.3) is 0 Å². The molecule has 0 aromatic heterocycles. The van der Waals surface area contributed by atoms with E-state index in [0.717, 1.165) is 62.3 Å². The molecule has 0 heterocycles. The lowest BCUT2D eigenvalue weighted by Gasteiger charge is -2.31. The molecule has 0 saturated heterocycles. The number of benzene rings is 1. The molecular formula is C20H31BrO2. The standard InChI is InChI=1S/C20H31BrO2/c1-4-7-13-20(14-8-5-2,15-9-6-3)19(22)23-18-12-10-11-17(21)16-18/h10-12,16H,4-9,13-15H2,1-3H3. The Kier molecular flexibility index (Phi) is 9.54. The van der Waals surface area contributed by atoms with Crippen molar-refractivity contribution in [1.82, 2.24) is 0 Å². The van der Waals surface area contributed by atoms with Crippen molar-refractivity contribution < 1.29 is 9.53 Å². The van der Waals surface area contributed by atoms with Crippen LogP contribution in [0.15, 0.2) is 28.7 Å². The van der Waals surface area contributed by atoms with E-state index in [2.05, 4.69) is 36.7 Å². The highest BCUT2D eigenvalue weighted by molar-refractivity contribution is 9.10. The first kappa shape index (κ1) is 20.2. The summed E-state index contributed by atoms with van der Waals surface area (Å²) < 4.78 is 6.72. The smallest absolute Gasteiger partial charge is 0.317 e. The van der Waals surface area contributed by atoms with Gasteiger partial charge in [-0.2, -0.15) is 0 Å². The summed E-state index contributed by atoms with van der Waals surface area (Å²) in [5, 5.41) is 0. The first-order valence-corrected chi connectivity index (χ1v) is 9.85. The zero-order valence-electron chi connectivity index (χ0n) is 14.9. The van der Waals surface area contributed by atoms with Crippen LogP contribution >= 0.6 is 15.9 Å². The van der Waals surface area contributed by atoms with Crippen LogP contribution in [-0.2, 0) is 4.79 Å². The van der Waals surface area contributed by atoms with Crippen molar-refractivity contribution in [3.63, 3.8) is 0 Å². The maximum Gasteiger partial charge on any atom is 0.317 e. The van der Waals surface area contributed by atoms with Crippen LogP contribution in [-0.4, -0.2) is 5.97 Å². The summed E-state index contributed by atoms with van der Waals surface area (Å²) in [6, 6.07) is 7.56. The van der Waals surface area contributed by atoms with Gasteiger partial charge >= 0.3 is 5.97 Å². The zero-order chi connectivity index (χ0) is 17.1. The summed E-state index contributed by atoms with van der Waals surface area (Å²) in [7, 11) is 0. The Morgan fingerprint density at radius 3 is 1.96 bits per heavy atom. The molecule has 0 radical (unpaired) electrons. The van der Waals surface area contributed by atoms with Crippen molar-refractivity contribution in [3.05, 3.63) is 28.7 Å². The van der Waals surface area contributed by atoms with Gasteiger partial charge < -0.3 is 4.74 Å². The Morgan fingerprint density at radius 2 is 1.52 bits per heavy atom. The Morgan fingerprint density at radius 1 is 1.00 bits per heavy atom. The Hall–Kier alpha value is -0.830. The SMILES string of the molecule is CCCCC(CCCC)(CCCC)C(=O)Oc1cccc(Br)c1. The van der Waals surface area contributed by atoms with E-state index in [0.29, 0.717) is 5.75 Å². The molecule has 0 atom stereocenters. The highest BCUT2D eigenvalue weighted by Crippen LogP contribution is 2.38. The molecule has 0 aliphatic rings. The fourth-order valence-corrected chi connectivity index (χ4v) is 3.35. The quantitative estimate of drug-likeness (QED) is 0.306. The minimum atomic E-state index is -0.315. The number of carbonyl (C=O) groups excluding carboxylic acids is 1. The van der Waals surface area contributed by atoms with E-state index < -0.39 is 0 Å². The maximum absolute atomic E-state index is 13.0. The highest BCUT2D eigenvalue weighted by Gasteiger charge is 2.38. The topological polar surface area (TPSA) is 26.3 Å². The molecular weight excluding hydrogens is 352 g/mol. The third-order valence-corrected chi connectivity index (χ3v) is 4.96. The summed E-state index contributed by atoms with van der Waals surface area (Å²) in [5.41, 5.74) is -0.315. The number of hydrogen-bond donors (Lipinski definition) is 0. The third-order valence-electron chi connectivity index (χ3n) is 4.47. The van der Waals surface area contributed by atoms with E-state index in [1.165, 1.54) is 0 Å². The first-order chi connectivity index (χ1) is 11.1. The van der Waals surface area contributed by atoms with Crippen LogP contribution in [0.2, 0.25) is 0 Å². The molecule has 0 aliphatic carbocycles. The monoisotopic (exact) mass is 382 g/mol. The van der Waals surface area contributed by atoms with Crippen molar-refractivity contribution in [2.75, 3.05) is 0 Å². The summed E-state index contributed by atoms with van der Waals surface area (Å²) in [4.78, 5) is 13.0. The Labute approximate surface area is 150 Å². The molecule has 2 nitrogen and oxygen atoms in total. The van der Waals surface area contributed by atoms with Crippen LogP contribution in [0.4, 0.5) is 0 Å². The van der Waals surface area contributed by atoms with Gasteiger partial charge in [-0.15, -0.1) is 0 Å². The second-order valence-electron chi connectivity index (χ2n) is 6.44. The van der Waals surface area contributed by atoms with Gasteiger partial charge in [0.2, 0.25) is 0 Å². The molecule has 23 heavy (non-hydrogen) atoms. The van der Waals surface area contributed by atoms with Gasteiger partial charge in [-0.25, -0.2) is 0 Å². The van der Waals surface area contributed by atoms with Crippen LogP contribution in [0.3, 0.4) is 0 Å². The summed E-state index contributed by atoms with van der Waals surface area (Å²) in [5.74, 6) is 0.601. The van der Waals surface area contributed by atoms with E-state index in [1.807, 2.05) is 24.3 Å². The predicted octanol–water partition coefficient (Wildman–Crippen LogP) is 6.91. The Bertz CT molecular complexity index is 449. The lowest BCUT2D eigenvalue weighted by atomic mass is 9.74. The molecule has 0 unspecified atom stereocenters. The van der Waals surface area contributed by atoms with Gasteiger partial charge in [0.15, 0.2) is 0 Å². The molecule has 130 valence electrons. The molecule has 0 bridgehead atoms. The fraction of sp³-hybridized carbons (Fsp3) is 0.650. The van der Waals surface area contributed by atoms with Crippen molar-refractivity contribution in [2.24, 2.45) is 5.41 Å². The molecule has 1 aromatic rings. The van der Waals surface area contributed by atoms with E-state index in [9.17, 15) is 4.79 Å². The van der Waals surface area contributed by atoms with Crippen LogP contribution < -0.4 is 4.74 Å². The molecule has 1 aromatic carbocycles. The molecule has 0 aliphatic heterocycles. The fourth-order valence-electron chi connectivity index (χ4n) is 2.97. The average Bonchev–Trinajstić information content (AvgIpc) is 2.54. The van der Waals surface area contributed by atoms with Gasteiger partial charge in [0.1, 0.15) is 5.75 Å². The van der Waals surface area contributed by atoms with Gasteiger partial charge in [-0.05, 0) is 37.5 Å². The van der Waals surface area contributed by atoms with Crippen molar-refractivity contribution in [1.29, 1.82) is 0 Å². The molecule has 0 spiro atoms. The first-order valence-electron chi connectivity index (χ1n) is 9.05. The maximum atomic E-state index is 13.0. The van der Waals surface area contributed by atoms with Crippen molar-refractivity contribution in [3.8, 4) is 5.75 Å². The van der Waals surface area contributed by atoms with E-state index >= 15 is 0 Å². The van der Waals surface area contributed by atoms with Crippen LogP contribution in [0, 0.1) is 5.41 Å².